The SMILES string of the molecule is CN(C)CCN(C)Cc1ccc(Nc2nc(-c3cccc(NC(=O)c4ccc(C(C)(C)C)cc4)c3)cn3ccnc23)cc1. The van der Waals surface area contributed by atoms with E-state index >= 15 is 0 Å². The fourth-order valence-corrected chi connectivity index (χ4v) is 4.83. The van der Waals surface area contributed by atoms with Crippen LogP contribution < -0.4 is 10.6 Å². The van der Waals surface area contributed by atoms with Crippen LogP contribution in [0.1, 0.15) is 42.3 Å². The van der Waals surface area contributed by atoms with Crippen LogP contribution in [0.4, 0.5) is 17.2 Å². The fraction of sp³-hybridized carbons (Fsp3) is 0.286. The number of carbonyl (C=O) groups excluding carboxylic acids is 1. The summed E-state index contributed by atoms with van der Waals surface area (Å²) in [5.41, 5.74) is 7.12. The zero-order valence-electron chi connectivity index (χ0n) is 25.9. The van der Waals surface area contributed by atoms with Gasteiger partial charge in [-0.15, -0.1) is 0 Å². The van der Waals surface area contributed by atoms with E-state index in [1.54, 1.807) is 6.20 Å². The van der Waals surface area contributed by atoms with E-state index < -0.39 is 0 Å². The Morgan fingerprint density at radius 3 is 2.35 bits per heavy atom. The molecule has 0 aliphatic carbocycles. The second kappa shape index (κ2) is 12.8. The predicted molar refractivity (Wildman–Crippen MR) is 176 cm³/mol. The van der Waals surface area contributed by atoms with Gasteiger partial charge in [-0.1, -0.05) is 57.2 Å². The summed E-state index contributed by atoms with van der Waals surface area (Å²) in [6.45, 7) is 9.41. The van der Waals surface area contributed by atoms with Crippen LogP contribution in [0.2, 0.25) is 0 Å². The van der Waals surface area contributed by atoms with Crippen LogP contribution in [0.3, 0.4) is 0 Å². The minimum atomic E-state index is -0.148. The summed E-state index contributed by atoms with van der Waals surface area (Å²) in [4.78, 5) is 27.0. The maximum atomic E-state index is 13.0. The maximum absolute atomic E-state index is 13.0. The van der Waals surface area contributed by atoms with E-state index in [0.717, 1.165) is 42.2 Å². The number of carbonyl (C=O) groups is 1. The first-order chi connectivity index (χ1) is 20.5. The first-order valence-corrected chi connectivity index (χ1v) is 14.6. The summed E-state index contributed by atoms with van der Waals surface area (Å²) in [5, 5.41) is 6.50. The molecule has 1 amide bonds. The van der Waals surface area contributed by atoms with Gasteiger partial charge >= 0.3 is 0 Å². The number of benzene rings is 3. The second-order valence-electron chi connectivity index (χ2n) is 12.4. The lowest BCUT2D eigenvalue weighted by Gasteiger charge is -2.19. The molecule has 2 heterocycles. The van der Waals surface area contributed by atoms with E-state index in [9.17, 15) is 4.79 Å². The van der Waals surface area contributed by atoms with Crippen molar-refractivity contribution in [2.24, 2.45) is 0 Å². The van der Waals surface area contributed by atoms with Gasteiger partial charge in [-0.2, -0.15) is 0 Å². The number of hydrogen-bond donors (Lipinski definition) is 2. The molecule has 222 valence electrons. The molecule has 0 aliphatic heterocycles. The zero-order valence-corrected chi connectivity index (χ0v) is 25.9. The fourth-order valence-electron chi connectivity index (χ4n) is 4.83. The highest BCUT2D eigenvalue weighted by Crippen LogP contribution is 2.27. The number of anilines is 3. The van der Waals surface area contributed by atoms with E-state index in [1.807, 2.05) is 65.3 Å². The molecular weight excluding hydrogens is 534 g/mol. The molecule has 0 fully saturated rings. The largest absolute Gasteiger partial charge is 0.337 e. The lowest BCUT2D eigenvalue weighted by atomic mass is 9.87. The molecule has 0 bridgehead atoms. The normalized spacial score (nSPS) is 11.8. The van der Waals surface area contributed by atoms with Gasteiger partial charge in [0, 0.05) is 60.7 Å². The van der Waals surface area contributed by atoms with Gasteiger partial charge in [0.15, 0.2) is 11.5 Å². The first kappa shape index (κ1) is 29.9. The molecule has 2 aromatic heterocycles. The van der Waals surface area contributed by atoms with Crippen LogP contribution in [0, 0.1) is 0 Å². The Balaban J connectivity index is 1.32. The summed E-state index contributed by atoms with van der Waals surface area (Å²) >= 11 is 0. The molecule has 0 spiro atoms. The van der Waals surface area contributed by atoms with Gasteiger partial charge in [-0.25, -0.2) is 9.97 Å². The van der Waals surface area contributed by atoms with Gasteiger partial charge in [-0.3, -0.25) is 4.79 Å². The van der Waals surface area contributed by atoms with Crippen molar-refractivity contribution < 1.29 is 4.79 Å². The number of fused-ring (bicyclic) bond motifs is 1. The van der Waals surface area contributed by atoms with E-state index in [2.05, 4.69) is 91.6 Å². The standard InChI is InChI=1S/C35H41N7O/c1-35(2,3)28-14-12-26(13-15-28)34(43)38-30-9-7-8-27(22-30)31-24-42-19-18-36-33(42)32(39-31)37-29-16-10-25(11-17-29)23-41(6)21-20-40(4)5/h7-19,22,24H,20-21,23H2,1-6H3,(H,37,39)(H,38,43). The average Bonchev–Trinajstić information content (AvgIpc) is 3.46. The van der Waals surface area contributed by atoms with Crippen LogP contribution in [0.5, 0.6) is 0 Å². The Labute approximate surface area is 254 Å². The zero-order chi connectivity index (χ0) is 30.6. The van der Waals surface area contributed by atoms with E-state index in [4.69, 9.17) is 4.98 Å². The summed E-state index contributed by atoms with van der Waals surface area (Å²) in [6, 6.07) is 24.0. The minimum absolute atomic E-state index is 0.0342. The molecule has 0 aliphatic rings. The van der Waals surface area contributed by atoms with E-state index in [1.165, 1.54) is 11.1 Å². The molecule has 0 saturated heterocycles. The molecule has 2 N–H and O–H groups in total. The molecular formula is C35H41N7O. The number of hydrogen-bond acceptors (Lipinski definition) is 6. The van der Waals surface area contributed by atoms with Crippen LogP contribution in [-0.4, -0.2) is 64.3 Å². The van der Waals surface area contributed by atoms with Crippen molar-refractivity contribution in [3.05, 3.63) is 108 Å². The predicted octanol–water partition coefficient (Wildman–Crippen LogP) is 6.68. The van der Waals surface area contributed by atoms with E-state index in [0.29, 0.717) is 17.1 Å². The maximum Gasteiger partial charge on any atom is 0.255 e. The Morgan fingerprint density at radius 1 is 0.907 bits per heavy atom. The Bertz CT molecular complexity index is 1680. The Kier molecular flexibility index (Phi) is 8.89. The number of nitrogens with zero attached hydrogens (tertiary/aromatic N) is 5. The summed E-state index contributed by atoms with van der Waals surface area (Å²) in [5.74, 6) is 0.511. The lowest BCUT2D eigenvalue weighted by Crippen LogP contribution is -2.28. The summed E-state index contributed by atoms with van der Waals surface area (Å²) < 4.78 is 1.96. The first-order valence-electron chi connectivity index (χ1n) is 14.6. The van der Waals surface area contributed by atoms with Crippen molar-refractivity contribution in [3.8, 4) is 11.3 Å². The van der Waals surface area contributed by atoms with Gasteiger partial charge < -0.3 is 24.8 Å². The van der Waals surface area contributed by atoms with Gasteiger partial charge in [0.2, 0.25) is 0 Å². The number of amides is 1. The smallest absolute Gasteiger partial charge is 0.255 e. The van der Waals surface area contributed by atoms with Gasteiger partial charge in [0.25, 0.3) is 5.91 Å². The van der Waals surface area contributed by atoms with Crippen molar-refractivity contribution >= 4 is 28.7 Å². The van der Waals surface area contributed by atoms with Crippen LogP contribution in [0.25, 0.3) is 16.9 Å². The third-order valence-electron chi connectivity index (χ3n) is 7.40. The van der Waals surface area contributed by atoms with Gasteiger partial charge in [0.1, 0.15) is 0 Å². The topological polar surface area (TPSA) is 77.8 Å². The monoisotopic (exact) mass is 575 g/mol. The highest BCUT2D eigenvalue weighted by Gasteiger charge is 2.15. The van der Waals surface area contributed by atoms with Crippen molar-refractivity contribution in [1.82, 2.24) is 24.2 Å². The molecule has 0 unspecified atom stereocenters. The third-order valence-corrected chi connectivity index (χ3v) is 7.40. The molecule has 0 saturated carbocycles. The van der Waals surface area contributed by atoms with E-state index in [-0.39, 0.29) is 11.3 Å². The minimum Gasteiger partial charge on any atom is -0.337 e. The van der Waals surface area contributed by atoms with Crippen LogP contribution in [0.15, 0.2) is 91.4 Å². The molecule has 8 heteroatoms. The van der Waals surface area contributed by atoms with Crippen LogP contribution in [-0.2, 0) is 12.0 Å². The molecule has 43 heavy (non-hydrogen) atoms. The average molecular weight is 576 g/mol. The lowest BCUT2D eigenvalue weighted by molar-refractivity contribution is 0.102. The molecule has 3 aromatic carbocycles. The molecule has 8 nitrogen and oxygen atoms in total. The van der Waals surface area contributed by atoms with Gasteiger partial charge in [-0.05, 0) is 74.1 Å². The molecule has 5 aromatic rings. The van der Waals surface area contributed by atoms with Crippen molar-refractivity contribution in [3.63, 3.8) is 0 Å². The van der Waals surface area contributed by atoms with Crippen molar-refractivity contribution in [2.45, 2.75) is 32.7 Å². The number of rotatable bonds is 10. The number of imidazole rings is 1. The Hall–Kier alpha value is -4.53. The number of likely N-dealkylation sites (N-methyl/N-ethyl adjacent to an activating group) is 2. The van der Waals surface area contributed by atoms with Crippen LogP contribution >= 0.6 is 0 Å². The highest BCUT2D eigenvalue weighted by atomic mass is 16.1. The molecule has 0 atom stereocenters. The molecule has 5 rings (SSSR count). The van der Waals surface area contributed by atoms with Crippen molar-refractivity contribution in [1.29, 1.82) is 0 Å². The summed E-state index contributed by atoms with van der Waals surface area (Å²) in [7, 11) is 6.33. The second-order valence-corrected chi connectivity index (χ2v) is 12.4. The quantitative estimate of drug-likeness (QED) is 0.193. The van der Waals surface area contributed by atoms with Gasteiger partial charge in [0.05, 0.1) is 5.69 Å². The highest BCUT2D eigenvalue weighted by molar-refractivity contribution is 6.04. The third kappa shape index (κ3) is 7.66. The number of aromatic nitrogens is 3. The molecule has 0 radical (unpaired) electrons. The Morgan fingerprint density at radius 2 is 1.65 bits per heavy atom. The number of nitrogens with one attached hydrogen (secondary N) is 2. The summed E-state index contributed by atoms with van der Waals surface area (Å²) in [6.07, 6.45) is 5.62. The van der Waals surface area contributed by atoms with Crippen molar-refractivity contribution in [2.75, 3.05) is 44.9 Å².